The molecule has 0 saturated carbocycles. The van der Waals surface area contributed by atoms with Crippen LogP contribution in [0.2, 0.25) is 0 Å². The van der Waals surface area contributed by atoms with Gasteiger partial charge in [-0.15, -0.1) is 0 Å². The van der Waals surface area contributed by atoms with Crippen LogP contribution in [0, 0.1) is 0 Å². The summed E-state index contributed by atoms with van der Waals surface area (Å²) in [5.41, 5.74) is 0.622. The molecule has 1 unspecified atom stereocenters. The lowest BCUT2D eigenvalue weighted by Crippen LogP contribution is -2.36. The molecule has 3 nitrogen and oxygen atoms in total. The van der Waals surface area contributed by atoms with Gasteiger partial charge >= 0.3 is 0 Å². The van der Waals surface area contributed by atoms with Crippen molar-refractivity contribution in [3.05, 3.63) is 34.3 Å². The molecule has 0 aromatic heterocycles. The van der Waals surface area contributed by atoms with Crippen molar-refractivity contribution in [1.29, 1.82) is 0 Å². The molecular formula is C12H12BrNO2. The fraction of sp³-hybridized carbons (Fsp3) is 0.333. The van der Waals surface area contributed by atoms with Crippen LogP contribution in [0.15, 0.2) is 28.7 Å². The first-order valence-electron chi connectivity index (χ1n) is 5.25. The molecule has 1 aromatic rings. The zero-order valence-electron chi connectivity index (χ0n) is 8.73. The second-order valence-electron chi connectivity index (χ2n) is 3.82. The fourth-order valence-electron chi connectivity index (χ4n) is 1.98. The van der Waals surface area contributed by atoms with Crippen LogP contribution in [-0.4, -0.2) is 29.7 Å². The number of hydrogen-bond acceptors (Lipinski definition) is 2. The topological polar surface area (TPSA) is 37.4 Å². The van der Waals surface area contributed by atoms with Crippen LogP contribution in [0.1, 0.15) is 23.2 Å². The molecule has 4 heteroatoms. The van der Waals surface area contributed by atoms with E-state index in [0.29, 0.717) is 12.1 Å². The highest BCUT2D eigenvalue weighted by atomic mass is 79.9. The number of carbonyl (C=O) groups is 2. The van der Waals surface area contributed by atoms with Gasteiger partial charge < -0.3 is 9.69 Å². The van der Waals surface area contributed by atoms with E-state index in [2.05, 4.69) is 15.9 Å². The van der Waals surface area contributed by atoms with Gasteiger partial charge in [-0.1, -0.05) is 12.1 Å². The minimum atomic E-state index is -0.250. The lowest BCUT2D eigenvalue weighted by atomic mass is 10.2. The lowest BCUT2D eigenvalue weighted by molar-refractivity contribution is -0.111. The van der Waals surface area contributed by atoms with Crippen LogP contribution < -0.4 is 0 Å². The van der Waals surface area contributed by atoms with Gasteiger partial charge in [-0.2, -0.15) is 0 Å². The highest BCUT2D eigenvalue weighted by molar-refractivity contribution is 9.10. The predicted octanol–water partition coefficient (Wildman–Crippen LogP) is 2.25. The van der Waals surface area contributed by atoms with E-state index >= 15 is 0 Å². The Kier molecular flexibility index (Phi) is 3.39. The van der Waals surface area contributed by atoms with E-state index in [1.165, 1.54) is 0 Å². The molecule has 0 aliphatic carbocycles. The van der Waals surface area contributed by atoms with Gasteiger partial charge in [0.05, 0.1) is 11.6 Å². The molecule has 0 radical (unpaired) electrons. The number of carbonyl (C=O) groups excluding carboxylic acids is 2. The summed E-state index contributed by atoms with van der Waals surface area (Å²) >= 11 is 3.35. The average Bonchev–Trinajstić information content (AvgIpc) is 2.77. The van der Waals surface area contributed by atoms with Crippen molar-refractivity contribution in [3.8, 4) is 0 Å². The largest absolute Gasteiger partial charge is 0.329 e. The van der Waals surface area contributed by atoms with Gasteiger partial charge in [-0.3, -0.25) is 4.79 Å². The predicted molar refractivity (Wildman–Crippen MR) is 64.3 cm³/mol. The molecule has 1 aliphatic rings. The number of halogens is 1. The van der Waals surface area contributed by atoms with E-state index in [4.69, 9.17) is 0 Å². The van der Waals surface area contributed by atoms with Gasteiger partial charge in [0.2, 0.25) is 0 Å². The van der Waals surface area contributed by atoms with E-state index in [9.17, 15) is 9.59 Å². The van der Waals surface area contributed by atoms with Gasteiger partial charge in [-0.25, -0.2) is 0 Å². The molecular weight excluding hydrogens is 270 g/mol. The van der Waals surface area contributed by atoms with Gasteiger partial charge in [-0.05, 0) is 40.9 Å². The second kappa shape index (κ2) is 4.78. The molecule has 16 heavy (non-hydrogen) atoms. The van der Waals surface area contributed by atoms with Crippen LogP contribution in [0.4, 0.5) is 0 Å². The Labute approximate surface area is 103 Å². The third kappa shape index (κ3) is 2.02. The van der Waals surface area contributed by atoms with Crippen LogP contribution in [-0.2, 0) is 4.79 Å². The van der Waals surface area contributed by atoms with Crippen molar-refractivity contribution in [2.24, 2.45) is 0 Å². The van der Waals surface area contributed by atoms with Crippen molar-refractivity contribution >= 4 is 28.1 Å². The Morgan fingerprint density at radius 2 is 2.19 bits per heavy atom. The summed E-state index contributed by atoms with van der Waals surface area (Å²) in [6.45, 7) is 0.670. The zero-order chi connectivity index (χ0) is 11.5. The maximum absolute atomic E-state index is 12.2. The molecule has 0 N–H and O–H groups in total. The van der Waals surface area contributed by atoms with E-state index in [0.717, 1.165) is 23.6 Å². The molecule has 1 aliphatic heterocycles. The Morgan fingerprint density at radius 3 is 2.88 bits per heavy atom. The number of rotatable bonds is 2. The van der Waals surface area contributed by atoms with E-state index in [1.807, 2.05) is 18.2 Å². The van der Waals surface area contributed by atoms with Crippen molar-refractivity contribution in [3.63, 3.8) is 0 Å². The van der Waals surface area contributed by atoms with Gasteiger partial charge in [0, 0.05) is 11.0 Å². The number of hydrogen-bond donors (Lipinski definition) is 0. The summed E-state index contributed by atoms with van der Waals surface area (Å²) in [5, 5.41) is 0. The molecule has 2 rings (SSSR count). The van der Waals surface area contributed by atoms with Crippen LogP contribution in [0.5, 0.6) is 0 Å². The number of benzene rings is 1. The Balaban J connectivity index is 2.25. The Bertz CT molecular complexity index is 419. The molecule has 1 aromatic carbocycles. The summed E-state index contributed by atoms with van der Waals surface area (Å²) in [7, 11) is 0. The first-order valence-corrected chi connectivity index (χ1v) is 6.04. The molecule has 1 heterocycles. The summed E-state index contributed by atoms with van der Waals surface area (Å²) in [4.78, 5) is 24.7. The quantitative estimate of drug-likeness (QED) is 0.780. The summed E-state index contributed by atoms with van der Waals surface area (Å²) < 4.78 is 0.775. The third-order valence-corrected chi connectivity index (χ3v) is 3.51. The van der Waals surface area contributed by atoms with Crippen molar-refractivity contribution in [1.82, 2.24) is 4.90 Å². The number of aldehydes is 1. The number of likely N-dealkylation sites (tertiary alicyclic amines) is 1. The molecule has 84 valence electrons. The third-order valence-electron chi connectivity index (χ3n) is 2.82. The van der Waals surface area contributed by atoms with E-state index in [1.54, 1.807) is 11.0 Å². The maximum Gasteiger partial charge on any atom is 0.255 e. The van der Waals surface area contributed by atoms with Crippen molar-refractivity contribution < 1.29 is 9.59 Å². The molecule has 1 atom stereocenters. The second-order valence-corrected chi connectivity index (χ2v) is 4.68. The fourth-order valence-corrected chi connectivity index (χ4v) is 2.43. The highest BCUT2D eigenvalue weighted by Gasteiger charge is 2.29. The molecule has 0 bridgehead atoms. The summed E-state index contributed by atoms with van der Waals surface area (Å²) in [5.74, 6) is -0.0675. The Hall–Kier alpha value is -1.16. The van der Waals surface area contributed by atoms with Crippen LogP contribution in [0.25, 0.3) is 0 Å². The summed E-state index contributed by atoms with van der Waals surface area (Å²) in [6, 6.07) is 7.04. The zero-order valence-corrected chi connectivity index (χ0v) is 10.3. The van der Waals surface area contributed by atoms with Crippen LogP contribution >= 0.6 is 15.9 Å². The maximum atomic E-state index is 12.2. The van der Waals surface area contributed by atoms with Gasteiger partial charge in [0.25, 0.3) is 5.91 Å². The average molecular weight is 282 g/mol. The van der Waals surface area contributed by atoms with Crippen LogP contribution in [0.3, 0.4) is 0 Å². The SMILES string of the molecule is O=CC1CCCN1C(=O)c1ccccc1Br. The lowest BCUT2D eigenvalue weighted by Gasteiger charge is -2.20. The normalized spacial score (nSPS) is 19.8. The first-order chi connectivity index (χ1) is 7.74. The minimum Gasteiger partial charge on any atom is -0.329 e. The molecule has 1 saturated heterocycles. The van der Waals surface area contributed by atoms with Crippen molar-refractivity contribution in [2.45, 2.75) is 18.9 Å². The Morgan fingerprint density at radius 1 is 1.44 bits per heavy atom. The van der Waals surface area contributed by atoms with E-state index < -0.39 is 0 Å². The highest BCUT2D eigenvalue weighted by Crippen LogP contribution is 2.23. The van der Waals surface area contributed by atoms with E-state index in [-0.39, 0.29) is 11.9 Å². The number of amides is 1. The monoisotopic (exact) mass is 281 g/mol. The molecule has 1 amide bonds. The standard InChI is InChI=1S/C12H12BrNO2/c13-11-6-2-1-5-10(11)12(16)14-7-3-4-9(14)8-15/h1-2,5-6,8-9H,3-4,7H2. The van der Waals surface area contributed by atoms with Gasteiger partial charge in [0.15, 0.2) is 0 Å². The number of nitrogens with zero attached hydrogens (tertiary/aromatic N) is 1. The minimum absolute atomic E-state index is 0.0675. The summed E-state index contributed by atoms with van der Waals surface area (Å²) in [6.07, 6.45) is 2.54. The van der Waals surface area contributed by atoms with Gasteiger partial charge in [0.1, 0.15) is 6.29 Å². The molecule has 0 spiro atoms. The van der Waals surface area contributed by atoms with Crippen molar-refractivity contribution in [2.75, 3.05) is 6.54 Å². The molecule has 1 fully saturated rings. The smallest absolute Gasteiger partial charge is 0.255 e. The first kappa shape index (κ1) is 11.3.